The van der Waals surface area contributed by atoms with Crippen LogP contribution in [0.3, 0.4) is 0 Å². The molecule has 1 aromatic carbocycles. The Kier molecular flexibility index (Phi) is 5.53. The molecule has 1 atom stereocenters. The molecule has 2 fully saturated rings. The van der Waals surface area contributed by atoms with Crippen LogP contribution in [0.2, 0.25) is 0 Å². The number of rotatable bonds is 6. The van der Waals surface area contributed by atoms with E-state index < -0.39 is 0 Å². The van der Waals surface area contributed by atoms with Crippen molar-refractivity contribution >= 4 is 23.1 Å². The summed E-state index contributed by atoms with van der Waals surface area (Å²) in [4.78, 5) is 19.2. The van der Waals surface area contributed by atoms with Crippen molar-refractivity contribution in [1.82, 2.24) is 4.98 Å². The first-order valence-electron chi connectivity index (χ1n) is 9.76. The second kappa shape index (κ2) is 8.39. The van der Waals surface area contributed by atoms with Gasteiger partial charge in [-0.05, 0) is 62.1 Å². The van der Waals surface area contributed by atoms with E-state index in [1.807, 2.05) is 12.1 Å². The first-order chi connectivity index (χ1) is 13.3. The van der Waals surface area contributed by atoms with E-state index in [4.69, 9.17) is 4.74 Å². The van der Waals surface area contributed by atoms with Gasteiger partial charge in [-0.25, -0.2) is 4.98 Å². The van der Waals surface area contributed by atoms with Crippen LogP contribution in [0.25, 0.3) is 0 Å². The Labute approximate surface area is 159 Å². The van der Waals surface area contributed by atoms with Gasteiger partial charge in [0.15, 0.2) is 0 Å². The average Bonchev–Trinajstić information content (AvgIpc) is 3.41. The van der Waals surface area contributed by atoms with E-state index in [2.05, 4.69) is 32.7 Å². The first-order valence-corrected chi connectivity index (χ1v) is 9.76. The van der Waals surface area contributed by atoms with E-state index in [-0.39, 0.29) is 12.0 Å². The highest BCUT2D eigenvalue weighted by atomic mass is 16.5. The second-order valence-corrected chi connectivity index (χ2v) is 7.14. The summed E-state index contributed by atoms with van der Waals surface area (Å²) in [5.41, 5.74) is 2.60. The van der Waals surface area contributed by atoms with Crippen LogP contribution in [0.15, 0.2) is 42.6 Å². The van der Waals surface area contributed by atoms with Crippen LogP contribution in [0.5, 0.6) is 0 Å². The van der Waals surface area contributed by atoms with Gasteiger partial charge in [0.05, 0.1) is 6.10 Å². The predicted molar refractivity (Wildman–Crippen MR) is 108 cm³/mol. The lowest BCUT2D eigenvalue weighted by molar-refractivity contribution is 0.102. The molecule has 0 bridgehead atoms. The molecule has 3 heterocycles. The van der Waals surface area contributed by atoms with Crippen molar-refractivity contribution in [3.8, 4) is 0 Å². The van der Waals surface area contributed by atoms with E-state index in [0.717, 1.165) is 44.8 Å². The van der Waals surface area contributed by atoms with Crippen molar-refractivity contribution in [2.24, 2.45) is 0 Å². The molecule has 0 saturated carbocycles. The third-order valence-corrected chi connectivity index (χ3v) is 5.15. The molecule has 0 radical (unpaired) electrons. The number of amides is 1. The lowest BCUT2D eigenvalue weighted by Gasteiger charge is -2.17. The van der Waals surface area contributed by atoms with Crippen LogP contribution < -0.4 is 15.5 Å². The number of carbonyl (C=O) groups excluding carboxylic acids is 1. The predicted octanol–water partition coefficient (Wildman–Crippen LogP) is 3.53. The fraction of sp³-hybridized carbons (Fsp3) is 0.429. The van der Waals surface area contributed by atoms with Gasteiger partial charge in [0, 0.05) is 49.4 Å². The van der Waals surface area contributed by atoms with Crippen LogP contribution in [0.1, 0.15) is 36.0 Å². The number of nitrogens with zero attached hydrogens (tertiary/aromatic N) is 2. The molecule has 2 aromatic rings. The minimum atomic E-state index is -0.133. The summed E-state index contributed by atoms with van der Waals surface area (Å²) in [6, 6.07) is 11.6. The minimum Gasteiger partial charge on any atom is -0.376 e. The maximum absolute atomic E-state index is 12.6. The fourth-order valence-corrected chi connectivity index (χ4v) is 3.63. The Morgan fingerprint density at radius 3 is 2.70 bits per heavy atom. The maximum Gasteiger partial charge on any atom is 0.255 e. The quantitative estimate of drug-likeness (QED) is 0.819. The average molecular weight is 366 g/mol. The van der Waals surface area contributed by atoms with Gasteiger partial charge in [-0.1, -0.05) is 0 Å². The molecule has 4 rings (SSSR count). The van der Waals surface area contributed by atoms with Crippen LogP contribution in [0.4, 0.5) is 17.2 Å². The van der Waals surface area contributed by atoms with Gasteiger partial charge < -0.3 is 20.3 Å². The molecule has 6 nitrogen and oxygen atoms in total. The Hall–Kier alpha value is -2.60. The molecule has 2 aliphatic rings. The molecule has 1 amide bonds. The van der Waals surface area contributed by atoms with Crippen LogP contribution in [-0.4, -0.2) is 43.2 Å². The Morgan fingerprint density at radius 2 is 1.96 bits per heavy atom. The lowest BCUT2D eigenvalue weighted by atomic mass is 10.2. The molecule has 0 spiro atoms. The largest absolute Gasteiger partial charge is 0.376 e. The fourth-order valence-electron chi connectivity index (χ4n) is 3.63. The summed E-state index contributed by atoms with van der Waals surface area (Å²) in [7, 11) is 0. The summed E-state index contributed by atoms with van der Waals surface area (Å²) in [6.45, 7) is 3.78. The highest BCUT2D eigenvalue weighted by Crippen LogP contribution is 2.22. The van der Waals surface area contributed by atoms with Gasteiger partial charge in [-0.15, -0.1) is 0 Å². The normalized spacial score (nSPS) is 19.3. The highest BCUT2D eigenvalue weighted by Gasteiger charge is 2.16. The molecule has 2 N–H and O–H groups in total. The second-order valence-electron chi connectivity index (χ2n) is 7.14. The van der Waals surface area contributed by atoms with Crippen molar-refractivity contribution in [1.29, 1.82) is 0 Å². The third kappa shape index (κ3) is 4.57. The number of ether oxygens (including phenoxy) is 1. The molecule has 1 unspecified atom stereocenters. The van der Waals surface area contributed by atoms with E-state index in [9.17, 15) is 4.79 Å². The molecule has 0 aliphatic carbocycles. The Bertz CT molecular complexity index is 766. The topological polar surface area (TPSA) is 66.5 Å². The van der Waals surface area contributed by atoms with E-state index in [1.54, 1.807) is 18.3 Å². The highest BCUT2D eigenvalue weighted by molar-refractivity contribution is 6.04. The molecule has 2 saturated heterocycles. The summed E-state index contributed by atoms with van der Waals surface area (Å²) in [5.74, 6) is 0.564. The number of pyridine rings is 1. The van der Waals surface area contributed by atoms with Gasteiger partial charge in [-0.3, -0.25) is 4.79 Å². The number of nitrogens with one attached hydrogen (secondary N) is 2. The van der Waals surface area contributed by atoms with Gasteiger partial charge in [0.25, 0.3) is 5.91 Å². The molecule has 142 valence electrons. The van der Waals surface area contributed by atoms with Crippen molar-refractivity contribution in [2.75, 3.05) is 41.8 Å². The third-order valence-electron chi connectivity index (χ3n) is 5.15. The van der Waals surface area contributed by atoms with Crippen LogP contribution >= 0.6 is 0 Å². The van der Waals surface area contributed by atoms with Crippen molar-refractivity contribution in [3.63, 3.8) is 0 Å². The van der Waals surface area contributed by atoms with Crippen LogP contribution in [-0.2, 0) is 4.74 Å². The molecule has 27 heavy (non-hydrogen) atoms. The Balaban J connectivity index is 1.35. The van der Waals surface area contributed by atoms with Crippen molar-refractivity contribution in [3.05, 3.63) is 48.2 Å². The van der Waals surface area contributed by atoms with E-state index in [0.29, 0.717) is 11.4 Å². The zero-order valence-corrected chi connectivity index (χ0v) is 15.5. The summed E-state index contributed by atoms with van der Waals surface area (Å²) in [5, 5.41) is 6.23. The number of hydrogen-bond donors (Lipinski definition) is 2. The number of aromatic nitrogens is 1. The number of carbonyl (C=O) groups is 1. The smallest absolute Gasteiger partial charge is 0.255 e. The molecule has 6 heteroatoms. The number of anilines is 3. The number of benzene rings is 1. The maximum atomic E-state index is 12.6. The molecule has 1 aromatic heterocycles. The molecular formula is C21H26N4O2. The van der Waals surface area contributed by atoms with E-state index >= 15 is 0 Å². The SMILES string of the molecule is O=C(Nc1ccc(N2CCCC2)cc1)c1ccnc(NCC2CCCO2)c1. The monoisotopic (exact) mass is 366 g/mol. The van der Waals surface area contributed by atoms with Gasteiger partial charge in [0.1, 0.15) is 5.82 Å². The van der Waals surface area contributed by atoms with E-state index in [1.165, 1.54) is 18.5 Å². The van der Waals surface area contributed by atoms with Crippen molar-refractivity contribution in [2.45, 2.75) is 31.8 Å². The summed E-state index contributed by atoms with van der Waals surface area (Å²) < 4.78 is 5.60. The zero-order chi connectivity index (χ0) is 18.5. The molecule has 2 aliphatic heterocycles. The standard InChI is InChI=1S/C21H26N4O2/c26-21(24-17-5-7-18(8-6-17)25-11-1-2-12-25)16-9-10-22-20(14-16)23-15-19-4-3-13-27-19/h5-10,14,19H,1-4,11-13,15H2,(H,22,23)(H,24,26). The van der Waals surface area contributed by atoms with Crippen molar-refractivity contribution < 1.29 is 9.53 Å². The lowest BCUT2D eigenvalue weighted by Crippen LogP contribution is -2.19. The minimum absolute atomic E-state index is 0.133. The number of hydrogen-bond acceptors (Lipinski definition) is 5. The van der Waals surface area contributed by atoms with Crippen LogP contribution in [0, 0.1) is 0 Å². The molecular weight excluding hydrogens is 340 g/mol. The Morgan fingerprint density at radius 1 is 1.15 bits per heavy atom. The van der Waals surface area contributed by atoms with Gasteiger partial charge >= 0.3 is 0 Å². The van der Waals surface area contributed by atoms with Gasteiger partial charge in [-0.2, -0.15) is 0 Å². The first kappa shape index (κ1) is 17.8. The summed E-state index contributed by atoms with van der Waals surface area (Å²) >= 11 is 0. The van der Waals surface area contributed by atoms with Gasteiger partial charge in [0.2, 0.25) is 0 Å². The zero-order valence-electron chi connectivity index (χ0n) is 15.5. The summed E-state index contributed by atoms with van der Waals surface area (Å²) in [6.07, 6.45) is 6.58.